The number of aliphatic hydroxyl groups is 1. The van der Waals surface area contributed by atoms with Gasteiger partial charge in [0.2, 0.25) is 5.82 Å². The summed E-state index contributed by atoms with van der Waals surface area (Å²) in [6.45, 7) is 0.673. The van der Waals surface area contributed by atoms with Gasteiger partial charge in [0, 0.05) is 19.2 Å². The summed E-state index contributed by atoms with van der Waals surface area (Å²) >= 11 is 0. The summed E-state index contributed by atoms with van der Waals surface area (Å²) in [6.07, 6.45) is 0. The SMILES string of the molecule is O=[N+]([O-])c1ccc(CO)nc1N(Cc1ccccc1)Cc1ccccc1. The smallest absolute Gasteiger partial charge is 0.311 e. The topological polar surface area (TPSA) is 79.5 Å². The number of rotatable bonds is 7. The molecule has 0 unspecified atom stereocenters. The molecule has 0 aliphatic carbocycles. The second-order valence-corrected chi connectivity index (χ2v) is 5.89. The Balaban J connectivity index is 2.03. The molecule has 0 radical (unpaired) electrons. The van der Waals surface area contributed by atoms with Gasteiger partial charge in [-0.1, -0.05) is 60.7 Å². The van der Waals surface area contributed by atoms with Crippen molar-refractivity contribution in [1.29, 1.82) is 0 Å². The minimum absolute atomic E-state index is 0.0749. The van der Waals surface area contributed by atoms with Crippen LogP contribution in [0.3, 0.4) is 0 Å². The van der Waals surface area contributed by atoms with Gasteiger partial charge < -0.3 is 10.0 Å². The highest BCUT2D eigenvalue weighted by molar-refractivity contribution is 5.58. The Bertz CT molecular complexity index is 828. The highest BCUT2D eigenvalue weighted by Crippen LogP contribution is 2.29. The van der Waals surface area contributed by atoms with Crippen LogP contribution in [0.15, 0.2) is 72.8 Å². The maximum Gasteiger partial charge on any atom is 0.311 e. The first-order valence-electron chi connectivity index (χ1n) is 8.25. The van der Waals surface area contributed by atoms with E-state index in [2.05, 4.69) is 4.98 Å². The lowest BCUT2D eigenvalue weighted by Gasteiger charge is -2.24. The van der Waals surface area contributed by atoms with Crippen LogP contribution < -0.4 is 4.90 Å². The normalized spacial score (nSPS) is 10.5. The van der Waals surface area contributed by atoms with Crippen molar-refractivity contribution in [3.8, 4) is 0 Å². The number of nitrogens with zero attached hydrogens (tertiary/aromatic N) is 3. The summed E-state index contributed by atoms with van der Waals surface area (Å²) in [5, 5.41) is 20.9. The Labute approximate surface area is 151 Å². The first kappa shape index (κ1) is 17.6. The molecule has 0 aliphatic rings. The zero-order valence-electron chi connectivity index (χ0n) is 14.2. The zero-order valence-corrected chi connectivity index (χ0v) is 14.2. The van der Waals surface area contributed by atoms with Crippen LogP contribution in [0.5, 0.6) is 0 Å². The van der Waals surface area contributed by atoms with E-state index >= 15 is 0 Å². The van der Waals surface area contributed by atoms with Crippen LogP contribution in [-0.2, 0) is 19.7 Å². The summed E-state index contributed by atoms with van der Waals surface area (Å²) in [4.78, 5) is 17.3. The average Bonchev–Trinajstić information content (AvgIpc) is 2.68. The van der Waals surface area contributed by atoms with Gasteiger partial charge in [0.15, 0.2) is 0 Å². The molecule has 0 bridgehead atoms. The molecule has 0 saturated heterocycles. The standard InChI is InChI=1S/C20H19N3O3/c24-15-18-11-12-19(23(25)26)20(21-18)22(13-16-7-3-1-4-8-16)14-17-9-5-2-6-10-17/h1-12,24H,13-15H2. The molecule has 1 heterocycles. The molecule has 0 aliphatic heterocycles. The summed E-state index contributed by atoms with van der Waals surface area (Å²) in [5.41, 5.74) is 2.37. The first-order chi connectivity index (χ1) is 12.7. The van der Waals surface area contributed by atoms with E-state index in [0.717, 1.165) is 11.1 Å². The quantitative estimate of drug-likeness (QED) is 0.520. The number of hydrogen-bond donors (Lipinski definition) is 1. The molecule has 3 aromatic rings. The molecule has 2 aromatic carbocycles. The minimum Gasteiger partial charge on any atom is -0.390 e. The molecule has 1 N–H and O–H groups in total. The molecule has 6 heteroatoms. The van der Waals surface area contributed by atoms with Crippen LogP contribution in [0.4, 0.5) is 11.5 Å². The third-order valence-corrected chi connectivity index (χ3v) is 4.00. The van der Waals surface area contributed by atoms with Gasteiger partial charge in [-0.3, -0.25) is 10.1 Å². The number of aliphatic hydroxyl groups excluding tert-OH is 1. The van der Waals surface area contributed by atoms with Crippen LogP contribution in [0, 0.1) is 10.1 Å². The number of benzene rings is 2. The van der Waals surface area contributed by atoms with Crippen molar-refractivity contribution in [2.24, 2.45) is 0 Å². The summed E-state index contributed by atoms with van der Waals surface area (Å²) in [5.74, 6) is 0.259. The third kappa shape index (κ3) is 4.23. The molecule has 0 fully saturated rings. The molecular formula is C20H19N3O3. The van der Waals surface area contributed by atoms with E-state index in [0.29, 0.717) is 18.8 Å². The molecule has 6 nitrogen and oxygen atoms in total. The summed E-state index contributed by atoms with van der Waals surface area (Å²) < 4.78 is 0. The van der Waals surface area contributed by atoms with E-state index in [1.165, 1.54) is 12.1 Å². The second-order valence-electron chi connectivity index (χ2n) is 5.89. The zero-order chi connectivity index (χ0) is 18.4. The molecule has 1 aromatic heterocycles. The first-order valence-corrected chi connectivity index (χ1v) is 8.25. The van der Waals surface area contributed by atoms with Crippen molar-refractivity contribution in [1.82, 2.24) is 4.98 Å². The molecule has 26 heavy (non-hydrogen) atoms. The molecule has 0 atom stereocenters. The Kier molecular flexibility index (Phi) is 5.56. The lowest BCUT2D eigenvalue weighted by Crippen LogP contribution is -2.24. The molecule has 0 spiro atoms. The van der Waals surface area contributed by atoms with Crippen molar-refractivity contribution in [2.75, 3.05) is 4.90 Å². The number of anilines is 1. The van der Waals surface area contributed by atoms with Gasteiger partial charge in [0.05, 0.1) is 17.2 Å². The van der Waals surface area contributed by atoms with Crippen LogP contribution >= 0.6 is 0 Å². The second kappa shape index (κ2) is 8.22. The van der Waals surface area contributed by atoms with Gasteiger partial charge >= 0.3 is 5.69 Å². The lowest BCUT2D eigenvalue weighted by molar-refractivity contribution is -0.384. The highest BCUT2D eigenvalue weighted by atomic mass is 16.6. The third-order valence-electron chi connectivity index (χ3n) is 4.00. The maximum atomic E-state index is 11.5. The van der Waals surface area contributed by atoms with E-state index in [9.17, 15) is 15.2 Å². The summed E-state index contributed by atoms with van der Waals surface area (Å²) in [7, 11) is 0. The number of aromatic nitrogens is 1. The maximum absolute atomic E-state index is 11.5. The van der Waals surface area contributed by atoms with Crippen LogP contribution in [-0.4, -0.2) is 15.0 Å². The molecule has 3 rings (SSSR count). The van der Waals surface area contributed by atoms with Gasteiger partial charge in [-0.25, -0.2) is 4.98 Å². The van der Waals surface area contributed by atoms with Crippen molar-refractivity contribution in [3.63, 3.8) is 0 Å². The van der Waals surface area contributed by atoms with Crippen molar-refractivity contribution in [2.45, 2.75) is 19.7 Å². The van der Waals surface area contributed by atoms with Gasteiger partial charge in [-0.15, -0.1) is 0 Å². The fraction of sp³-hybridized carbons (Fsp3) is 0.150. The molecule has 0 amide bonds. The fourth-order valence-corrected chi connectivity index (χ4v) is 2.76. The lowest BCUT2D eigenvalue weighted by atomic mass is 10.1. The molecule has 0 saturated carbocycles. The number of pyridine rings is 1. The molecular weight excluding hydrogens is 330 g/mol. The molecule has 132 valence electrons. The highest BCUT2D eigenvalue weighted by Gasteiger charge is 2.22. The van der Waals surface area contributed by atoms with E-state index in [-0.39, 0.29) is 18.1 Å². The Morgan fingerprint density at radius 3 is 1.88 bits per heavy atom. The fourth-order valence-electron chi connectivity index (χ4n) is 2.76. The predicted octanol–water partition coefficient (Wildman–Crippen LogP) is 3.69. The van der Waals surface area contributed by atoms with Gasteiger partial charge in [-0.2, -0.15) is 0 Å². The largest absolute Gasteiger partial charge is 0.390 e. The average molecular weight is 349 g/mol. The van der Waals surface area contributed by atoms with Crippen molar-refractivity contribution < 1.29 is 10.0 Å². The Hall–Kier alpha value is -3.25. The van der Waals surface area contributed by atoms with Crippen molar-refractivity contribution >= 4 is 11.5 Å². The summed E-state index contributed by atoms with van der Waals surface area (Å²) in [6, 6.07) is 22.4. The van der Waals surface area contributed by atoms with Gasteiger partial charge in [0.1, 0.15) is 0 Å². The van der Waals surface area contributed by atoms with Gasteiger partial charge in [-0.05, 0) is 17.2 Å². The van der Waals surface area contributed by atoms with E-state index in [1.54, 1.807) is 0 Å². The van der Waals surface area contributed by atoms with Crippen LogP contribution in [0.25, 0.3) is 0 Å². The number of nitro groups is 1. The van der Waals surface area contributed by atoms with Crippen LogP contribution in [0.1, 0.15) is 16.8 Å². The predicted molar refractivity (Wildman–Crippen MR) is 99.6 cm³/mol. The van der Waals surface area contributed by atoms with Crippen LogP contribution in [0.2, 0.25) is 0 Å². The monoisotopic (exact) mass is 349 g/mol. The van der Waals surface area contributed by atoms with Crippen molar-refractivity contribution in [3.05, 3.63) is 99.7 Å². The number of hydrogen-bond acceptors (Lipinski definition) is 5. The van der Waals surface area contributed by atoms with Gasteiger partial charge in [0.25, 0.3) is 0 Å². The minimum atomic E-state index is -0.438. The van der Waals surface area contributed by atoms with E-state index in [4.69, 9.17) is 0 Å². The van der Waals surface area contributed by atoms with E-state index in [1.807, 2.05) is 65.6 Å². The van der Waals surface area contributed by atoms with E-state index < -0.39 is 4.92 Å². The Morgan fingerprint density at radius 2 is 1.42 bits per heavy atom. The Morgan fingerprint density at radius 1 is 0.885 bits per heavy atom.